The summed E-state index contributed by atoms with van der Waals surface area (Å²) in [6.07, 6.45) is 0. The molecule has 21 heavy (non-hydrogen) atoms. The molecule has 5 heteroatoms. The Bertz CT molecular complexity index is 643. The summed E-state index contributed by atoms with van der Waals surface area (Å²) >= 11 is 3.36. The van der Waals surface area contributed by atoms with E-state index in [0.717, 1.165) is 15.8 Å². The maximum atomic E-state index is 11.8. The van der Waals surface area contributed by atoms with E-state index in [2.05, 4.69) is 15.9 Å². The SMILES string of the molecule is Cc1cc(C(=O)OCCOc2cccc(Br)c2)ccc1N. The number of rotatable bonds is 5. The van der Waals surface area contributed by atoms with Gasteiger partial charge < -0.3 is 15.2 Å². The average Bonchev–Trinajstić information content (AvgIpc) is 2.46. The van der Waals surface area contributed by atoms with Crippen molar-refractivity contribution in [3.8, 4) is 5.75 Å². The molecule has 0 spiro atoms. The quantitative estimate of drug-likeness (QED) is 0.509. The van der Waals surface area contributed by atoms with Crippen LogP contribution in [0.15, 0.2) is 46.9 Å². The largest absolute Gasteiger partial charge is 0.490 e. The lowest BCUT2D eigenvalue weighted by molar-refractivity contribution is 0.0450. The molecule has 0 bridgehead atoms. The van der Waals surface area contributed by atoms with Gasteiger partial charge in [-0.05, 0) is 48.9 Å². The van der Waals surface area contributed by atoms with Crippen molar-refractivity contribution in [2.24, 2.45) is 0 Å². The number of nitrogen functional groups attached to an aromatic ring is 1. The number of hydrogen-bond donors (Lipinski definition) is 1. The topological polar surface area (TPSA) is 61.5 Å². The number of carbonyl (C=O) groups is 1. The van der Waals surface area contributed by atoms with Crippen LogP contribution in [-0.4, -0.2) is 19.2 Å². The lowest BCUT2D eigenvalue weighted by Crippen LogP contribution is -2.12. The molecule has 110 valence electrons. The van der Waals surface area contributed by atoms with Crippen molar-refractivity contribution < 1.29 is 14.3 Å². The van der Waals surface area contributed by atoms with E-state index >= 15 is 0 Å². The van der Waals surface area contributed by atoms with Gasteiger partial charge in [-0.1, -0.05) is 22.0 Å². The van der Waals surface area contributed by atoms with Gasteiger partial charge in [-0.15, -0.1) is 0 Å². The molecule has 0 atom stereocenters. The molecule has 0 radical (unpaired) electrons. The second-order valence-electron chi connectivity index (χ2n) is 4.51. The van der Waals surface area contributed by atoms with Gasteiger partial charge in [0.1, 0.15) is 19.0 Å². The average molecular weight is 350 g/mol. The van der Waals surface area contributed by atoms with Crippen molar-refractivity contribution in [3.63, 3.8) is 0 Å². The smallest absolute Gasteiger partial charge is 0.338 e. The summed E-state index contributed by atoms with van der Waals surface area (Å²) in [6, 6.07) is 12.6. The Hall–Kier alpha value is -2.01. The molecule has 0 aliphatic heterocycles. The molecule has 0 unspecified atom stereocenters. The van der Waals surface area contributed by atoms with E-state index < -0.39 is 0 Å². The number of aryl methyl sites for hydroxylation is 1. The number of nitrogens with two attached hydrogens (primary N) is 1. The van der Waals surface area contributed by atoms with Crippen molar-refractivity contribution in [3.05, 3.63) is 58.1 Å². The minimum absolute atomic E-state index is 0.189. The first-order valence-corrected chi connectivity index (χ1v) is 7.27. The highest BCUT2D eigenvalue weighted by atomic mass is 79.9. The first-order valence-electron chi connectivity index (χ1n) is 6.48. The van der Waals surface area contributed by atoms with E-state index in [1.54, 1.807) is 18.2 Å². The zero-order chi connectivity index (χ0) is 15.2. The zero-order valence-electron chi connectivity index (χ0n) is 11.6. The minimum Gasteiger partial charge on any atom is -0.490 e. The highest BCUT2D eigenvalue weighted by Crippen LogP contribution is 2.17. The Labute approximate surface area is 132 Å². The molecule has 2 N–H and O–H groups in total. The summed E-state index contributed by atoms with van der Waals surface area (Å²) in [7, 11) is 0. The number of hydrogen-bond acceptors (Lipinski definition) is 4. The summed E-state index contributed by atoms with van der Waals surface area (Å²) in [5, 5.41) is 0. The van der Waals surface area contributed by atoms with Gasteiger partial charge in [-0.25, -0.2) is 4.79 Å². The Balaban J connectivity index is 1.80. The molecule has 2 aromatic rings. The number of benzene rings is 2. The molecule has 0 aromatic heterocycles. The first kappa shape index (κ1) is 15.4. The number of carbonyl (C=O) groups excluding carboxylic acids is 1. The molecular formula is C16H16BrNO3. The molecule has 0 amide bonds. The van der Waals surface area contributed by atoms with Crippen LogP contribution in [0.5, 0.6) is 5.75 Å². The van der Waals surface area contributed by atoms with Crippen LogP contribution in [0.2, 0.25) is 0 Å². The van der Waals surface area contributed by atoms with Crippen molar-refractivity contribution in [2.45, 2.75) is 6.92 Å². The van der Waals surface area contributed by atoms with E-state index in [-0.39, 0.29) is 12.6 Å². The summed E-state index contributed by atoms with van der Waals surface area (Å²) in [5.41, 5.74) is 7.71. The van der Waals surface area contributed by atoms with Crippen molar-refractivity contribution >= 4 is 27.6 Å². The first-order chi connectivity index (χ1) is 10.1. The minimum atomic E-state index is -0.379. The van der Waals surface area contributed by atoms with Gasteiger partial charge in [-0.3, -0.25) is 0 Å². The second kappa shape index (κ2) is 7.13. The van der Waals surface area contributed by atoms with Crippen LogP contribution in [0, 0.1) is 6.92 Å². The molecular weight excluding hydrogens is 334 g/mol. The van der Waals surface area contributed by atoms with E-state index in [9.17, 15) is 4.79 Å². The van der Waals surface area contributed by atoms with Crippen LogP contribution in [0.25, 0.3) is 0 Å². The van der Waals surface area contributed by atoms with Crippen molar-refractivity contribution in [2.75, 3.05) is 18.9 Å². The van der Waals surface area contributed by atoms with E-state index in [1.165, 1.54) is 0 Å². The molecule has 0 heterocycles. The van der Waals surface area contributed by atoms with Crippen LogP contribution in [-0.2, 0) is 4.74 Å². The third-order valence-corrected chi connectivity index (χ3v) is 3.38. The summed E-state index contributed by atoms with van der Waals surface area (Å²) in [6.45, 7) is 2.34. The number of ether oxygens (including phenoxy) is 2. The lowest BCUT2D eigenvalue weighted by atomic mass is 10.1. The fraction of sp³-hybridized carbons (Fsp3) is 0.188. The monoisotopic (exact) mass is 349 g/mol. The van der Waals surface area contributed by atoms with E-state index in [4.69, 9.17) is 15.2 Å². The van der Waals surface area contributed by atoms with Crippen LogP contribution in [0.4, 0.5) is 5.69 Å². The summed E-state index contributed by atoms with van der Waals surface area (Å²) in [5.74, 6) is 0.347. The fourth-order valence-corrected chi connectivity index (χ4v) is 2.11. The predicted octanol–water partition coefficient (Wildman–Crippen LogP) is 3.58. The van der Waals surface area contributed by atoms with E-state index in [1.807, 2.05) is 31.2 Å². The summed E-state index contributed by atoms with van der Waals surface area (Å²) < 4.78 is 11.6. The van der Waals surface area contributed by atoms with Crippen LogP contribution in [0.1, 0.15) is 15.9 Å². The predicted molar refractivity (Wildman–Crippen MR) is 85.5 cm³/mol. The highest BCUT2D eigenvalue weighted by molar-refractivity contribution is 9.10. The Morgan fingerprint density at radius 1 is 1.19 bits per heavy atom. The molecule has 0 saturated carbocycles. The van der Waals surface area contributed by atoms with E-state index in [0.29, 0.717) is 17.9 Å². The highest BCUT2D eigenvalue weighted by Gasteiger charge is 2.08. The lowest BCUT2D eigenvalue weighted by Gasteiger charge is -2.08. The van der Waals surface area contributed by atoms with Crippen LogP contribution in [0.3, 0.4) is 0 Å². The maximum absolute atomic E-state index is 11.8. The summed E-state index contributed by atoms with van der Waals surface area (Å²) in [4.78, 5) is 11.8. The normalized spacial score (nSPS) is 10.2. The third-order valence-electron chi connectivity index (χ3n) is 2.89. The molecule has 2 rings (SSSR count). The van der Waals surface area contributed by atoms with Gasteiger partial charge in [0.2, 0.25) is 0 Å². The number of anilines is 1. The van der Waals surface area contributed by atoms with Gasteiger partial charge in [0.25, 0.3) is 0 Å². The molecule has 0 saturated heterocycles. The maximum Gasteiger partial charge on any atom is 0.338 e. The molecule has 0 aliphatic carbocycles. The zero-order valence-corrected chi connectivity index (χ0v) is 13.2. The van der Waals surface area contributed by atoms with Crippen LogP contribution < -0.4 is 10.5 Å². The van der Waals surface area contributed by atoms with Crippen molar-refractivity contribution in [1.82, 2.24) is 0 Å². The van der Waals surface area contributed by atoms with Gasteiger partial charge in [0.05, 0.1) is 5.56 Å². The molecule has 0 fully saturated rings. The number of halogens is 1. The Morgan fingerprint density at radius 3 is 2.71 bits per heavy atom. The van der Waals surface area contributed by atoms with Crippen LogP contribution >= 0.6 is 15.9 Å². The van der Waals surface area contributed by atoms with Gasteiger partial charge in [-0.2, -0.15) is 0 Å². The molecule has 2 aromatic carbocycles. The van der Waals surface area contributed by atoms with Crippen molar-refractivity contribution in [1.29, 1.82) is 0 Å². The fourth-order valence-electron chi connectivity index (χ4n) is 1.74. The second-order valence-corrected chi connectivity index (χ2v) is 5.43. The molecule has 0 aliphatic rings. The molecule has 4 nitrogen and oxygen atoms in total. The Kier molecular flexibility index (Phi) is 5.22. The number of esters is 1. The van der Waals surface area contributed by atoms with Gasteiger partial charge in [0, 0.05) is 10.2 Å². The van der Waals surface area contributed by atoms with Gasteiger partial charge in [0.15, 0.2) is 0 Å². The third kappa shape index (κ3) is 4.49. The van der Waals surface area contributed by atoms with Gasteiger partial charge >= 0.3 is 5.97 Å². The Morgan fingerprint density at radius 2 is 2.00 bits per heavy atom. The standard InChI is InChI=1S/C16H16BrNO3/c1-11-9-12(5-6-15(11)18)16(19)21-8-7-20-14-4-2-3-13(17)10-14/h2-6,9-10H,7-8,18H2,1H3.